The van der Waals surface area contributed by atoms with E-state index in [1.54, 1.807) is 30.0 Å². The molecule has 2 fully saturated rings. The quantitative estimate of drug-likeness (QED) is 0.414. The number of esters is 1. The van der Waals surface area contributed by atoms with Crippen LogP contribution in [0.3, 0.4) is 0 Å². The molecule has 0 atom stereocenters. The van der Waals surface area contributed by atoms with Crippen molar-refractivity contribution in [3.63, 3.8) is 0 Å². The summed E-state index contributed by atoms with van der Waals surface area (Å²) in [6.45, 7) is 1.78. The monoisotopic (exact) mass is 430 g/mol. The molecule has 0 spiro atoms. The van der Waals surface area contributed by atoms with Gasteiger partial charge in [0.1, 0.15) is 10.9 Å². The van der Waals surface area contributed by atoms with Crippen LogP contribution in [0.25, 0.3) is 5.57 Å². The summed E-state index contributed by atoms with van der Waals surface area (Å²) >= 11 is 6.71. The van der Waals surface area contributed by atoms with Gasteiger partial charge in [-0.05, 0) is 25.8 Å². The Morgan fingerprint density at radius 2 is 1.90 bits per heavy atom. The Kier molecular flexibility index (Phi) is 5.74. The Labute approximate surface area is 179 Å². The molecule has 0 bridgehead atoms. The zero-order chi connectivity index (χ0) is 20.5. The highest BCUT2D eigenvalue weighted by molar-refractivity contribution is 8.26. The summed E-state index contributed by atoms with van der Waals surface area (Å²) in [6, 6.07) is 7.32. The maximum atomic E-state index is 13.3. The Bertz CT molecular complexity index is 921. The molecule has 3 aliphatic rings. The molecule has 2 aliphatic heterocycles. The van der Waals surface area contributed by atoms with E-state index in [0.717, 1.165) is 25.7 Å². The maximum absolute atomic E-state index is 13.3. The summed E-state index contributed by atoms with van der Waals surface area (Å²) in [4.78, 5) is 42.0. The number of anilines is 1. The van der Waals surface area contributed by atoms with Crippen molar-refractivity contribution in [2.24, 2.45) is 0 Å². The highest BCUT2D eigenvalue weighted by Gasteiger charge is 2.44. The first-order valence-corrected chi connectivity index (χ1v) is 11.1. The Hall–Kier alpha value is -2.19. The zero-order valence-electron chi connectivity index (χ0n) is 16.2. The van der Waals surface area contributed by atoms with Crippen molar-refractivity contribution >= 4 is 57.3 Å². The number of fused-ring (bicyclic) bond motifs is 1. The number of carbonyl (C=O) groups is 3. The summed E-state index contributed by atoms with van der Waals surface area (Å²) < 4.78 is 5.52. The molecule has 1 aliphatic carbocycles. The number of thioether (sulfide) groups is 1. The van der Waals surface area contributed by atoms with Gasteiger partial charge in [-0.15, -0.1) is 0 Å². The first-order valence-electron chi connectivity index (χ1n) is 9.89. The van der Waals surface area contributed by atoms with E-state index in [0.29, 0.717) is 26.0 Å². The van der Waals surface area contributed by atoms with E-state index in [1.165, 1.54) is 23.1 Å². The third kappa shape index (κ3) is 3.59. The lowest BCUT2D eigenvalue weighted by atomic mass is 9.94. The molecule has 1 aromatic rings. The van der Waals surface area contributed by atoms with Crippen LogP contribution in [0.15, 0.2) is 29.2 Å². The number of nitrogens with zero attached hydrogens (tertiary/aromatic N) is 2. The first kappa shape index (κ1) is 20.1. The fourth-order valence-corrected chi connectivity index (χ4v) is 5.65. The second-order valence-electron chi connectivity index (χ2n) is 7.25. The molecule has 2 heterocycles. The standard InChI is InChI=1S/C21H22N2O4S2/c1-2-27-16(24)12-22-15-11-7-6-10-14(15)17(19(22)25)18-20(26)23(21(28)29-18)13-8-4-3-5-9-13/h6-7,10-11,13H,2-5,8-9,12H2,1H3. The van der Waals surface area contributed by atoms with Crippen molar-refractivity contribution < 1.29 is 19.1 Å². The van der Waals surface area contributed by atoms with Crippen LogP contribution >= 0.6 is 24.0 Å². The van der Waals surface area contributed by atoms with Gasteiger partial charge in [0.25, 0.3) is 11.8 Å². The summed E-state index contributed by atoms with van der Waals surface area (Å²) in [5, 5.41) is 0. The van der Waals surface area contributed by atoms with E-state index in [2.05, 4.69) is 0 Å². The third-order valence-corrected chi connectivity index (χ3v) is 6.88. The topological polar surface area (TPSA) is 66.9 Å². The van der Waals surface area contributed by atoms with Gasteiger partial charge in [-0.25, -0.2) is 0 Å². The van der Waals surface area contributed by atoms with E-state index >= 15 is 0 Å². The van der Waals surface area contributed by atoms with Crippen molar-refractivity contribution in [2.75, 3.05) is 18.1 Å². The molecule has 0 N–H and O–H groups in total. The Balaban J connectivity index is 1.71. The smallest absolute Gasteiger partial charge is 0.326 e. The normalized spacial score (nSPS) is 22.4. The van der Waals surface area contributed by atoms with E-state index in [-0.39, 0.29) is 31.0 Å². The van der Waals surface area contributed by atoms with Gasteiger partial charge in [0, 0.05) is 11.6 Å². The van der Waals surface area contributed by atoms with Gasteiger partial charge in [-0.2, -0.15) is 0 Å². The van der Waals surface area contributed by atoms with Crippen LogP contribution in [-0.4, -0.2) is 46.2 Å². The molecule has 8 heteroatoms. The number of ether oxygens (including phenoxy) is 1. The van der Waals surface area contributed by atoms with E-state index in [4.69, 9.17) is 17.0 Å². The van der Waals surface area contributed by atoms with Gasteiger partial charge in [-0.1, -0.05) is 61.4 Å². The number of para-hydroxylation sites is 1. The minimum Gasteiger partial charge on any atom is -0.465 e. The molecule has 0 radical (unpaired) electrons. The molecule has 0 unspecified atom stereocenters. The fourth-order valence-electron chi connectivity index (χ4n) is 4.18. The van der Waals surface area contributed by atoms with Crippen LogP contribution in [0.1, 0.15) is 44.6 Å². The van der Waals surface area contributed by atoms with E-state index < -0.39 is 5.97 Å². The second-order valence-corrected chi connectivity index (χ2v) is 8.90. The molecule has 6 nitrogen and oxygen atoms in total. The van der Waals surface area contributed by atoms with Gasteiger partial charge < -0.3 is 4.74 Å². The molecular formula is C21H22N2O4S2. The van der Waals surface area contributed by atoms with Crippen molar-refractivity contribution in [3.8, 4) is 0 Å². The predicted molar refractivity (Wildman–Crippen MR) is 116 cm³/mol. The number of carbonyl (C=O) groups excluding carboxylic acids is 3. The molecular weight excluding hydrogens is 408 g/mol. The SMILES string of the molecule is CCOC(=O)CN1C(=O)C(=C2SC(=S)N(C3CCCCC3)C2=O)c2ccccc21. The first-order chi connectivity index (χ1) is 14.0. The van der Waals surface area contributed by atoms with E-state index in [9.17, 15) is 14.4 Å². The lowest BCUT2D eigenvalue weighted by molar-refractivity contribution is -0.142. The molecule has 2 amide bonds. The van der Waals surface area contributed by atoms with Crippen LogP contribution < -0.4 is 4.90 Å². The van der Waals surface area contributed by atoms with Crippen LogP contribution in [0.5, 0.6) is 0 Å². The predicted octanol–water partition coefficient (Wildman–Crippen LogP) is 3.50. The third-order valence-electron chi connectivity index (χ3n) is 5.48. The minimum absolute atomic E-state index is 0.108. The number of hydrogen-bond donors (Lipinski definition) is 0. The second kappa shape index (κ2) is 8.28. The summed E-state index contributed by atoms with van der Waals surface area (Å²) in [5.74, 6) is -1.03. The van der Waals surface area contributed by atoms with Crippen molar-refractivity contribution in [1.29, 1.82) is 0 Å². The molecule has 4 rings (SSSR count). The molecule has 1 saturated heterocycles. The van der Waals surface area contributed by atoms with Crippen LogP contribution in [-0.2, 0) is 19.1 Å². The molecule has 29 heavy (non-hydrogen) atoms. The van der Waals surface area contributed by atoms with Gasteiger partial charge in [0.15, 0.2) is 0 Å². The lowest BCUT2D eigenvalue weighted by Crippen LogP contribution is -2.40. The van der Waals surface area contributed by atoms with Crippen molar-refractivity contribution in [3.05, 3.63) is 34.7 Å². The van der Waals surface area contributed by atoms with Crippen molar-refractivity contribution in [1.82, 2.24) is 4.90 Å². The zero-order valence-corrected chi connectivity index (χ0v) is 17.8. The average molecular weight is 431 g/mol. The van der Waals surface area contributed by atoms with Crippen LogP contribution in [0.2, 0.25) is 0 Å². The van der Waals surface area contributed by atoms with Crippen molar-refractivity contribution in [2.45, 2.75) is 45.1 Å². The highest BCUT2D eigenvalue weighted by atomic mass is 32.2. The summed E-state index contributed by atoms with van der Waals surface area (Å²) in [5.41, 5.74) is 1.61. The number of hydrogen-bond acceptors (Lipinski definition) is 6. The minimum atomic E-state index is -0.480. The molecule has 1 saturated carbocycles. The average Bonchev–Trinajstić information content (AvgIpc) is 3.16. The number of amides is 2. The van der Waals surface area contributed by atoms with Crippen LogP contribution in [0.4, 0.5) is 5.69 Å². The number of thiocarbonyl (C=S) groups is 1. The van der Waals surface area contributed by atoms with Gasteiger partial charge in [-0.3, -0.25) is 24.2 Å². The van der Waals surface area contributed by atoms with Gasteiger partial charge in [0.05, 0.1) is 22.8 Å². The highest BCUT2D eigenvalue weighted by Crippen LogP contribution is 2.45. The van der Waals surface area contributed by atoms with Gasteiger partial charge in [0.2, 0.25) is 0 Å². The number of benzene rings is 1. The maximum Gasteiger partial charge on any atom is 0.326 e. The number of rotatable bonds is 4. The van der Waals surface area contributed by atoms with Crippen LogP contribution in [0, 0.1) is 0 Å². The largest absolute Gasteiger partial charge is 0.465 e. The lowest BCUT2D eigenvalue weighted by Gasteiger charge is -2.29. The Morgan fingerprint density at radius 1 is 1.17 bits per heavy atom. The summed E-state index contributed by atoms with van der Waals surface area (Å²) in [6.07, 6.45) is 5.23. The fraction of sp³-hybridized carbons (Fsp3) is 0.429. The molecule has 1 aromatic carbocycles. The van der Waals surface area contributed by atoms with E-state index in [1.807, 2.05) is 6.07 Å². The van der Waals surface area contributed by atoms with Gasteiger partial charge >= 0.3 is 5.97 Å². The molecule has 152 valence electrons. The molecule has 0 aromatic heterocycles. The Morgan fingerprint density at radius 3 is 2.62 bits per heavy atom. The summed E-state index contributed by atoms with van der Waals surface area (Å²) in [7, 11) is 0.